The van der Waals surface area contributed by atoms with Crippen LogP contribution in [0, 0.1) is 0 Å². The molecule has 0 fully saturated rings. The number of aldehydes is 1. The molecule has 0 unspecified atom stereocenters. The van der Waals surface area contributed by atoms with Crippen molar-refractivity contribution < 1.29 is 34.8 Å². The van der Waals surface area contributed by atoms with E-state index >= 15 is 0 Å². The first-order valence-electron chi connectivity index (χ1n) is 5.85. The van der Waals surface area contributed by atoms with E-state index in [0.29, 0.717) is 5.56 Å². The fraction of sp³-hybridized carbons (Fsp3) is 0.385. The van der Waals surface area contributed by atoms with E-state index in [1.165, 1.54) is 0 Å². The second kappa shape index (κ2) is 7.71. The highest BCUT2D eigenvalue weighted by Crippen LogP contribution is 2.08. The Bertz CT molecular complexity index is 434. The van der Waals surface area contributed by atoms with E-state index < -0.39 is 30.4 Å². The van der Waals surface area contributed by atoms with Gasteiger partial charge in [0.05, 0.1) is 0 Å². The monoisotopic (exact) mass is 284 g/mol. The number of hydrogen-bond acceptors (Lipinski definition) is 7. The van der Waals surface area contributed by atoms with E-state index in [4.69, 9.17) is 9.84 Å². The molecule has 0 aliphatic rings. The summed E-state index contributed by atoms with van der Waals surface area (Å²) < 4.78 is 4.74. The van der Waals surface area contributed by atoms with Crippen LogP contribution in [0.3, 0.4) is 0 Å². The summed E-state index contributed by atoms with van der Waals surface area (Å²) in [6.07, 6.45) is -7.99. The minimum absolute atomic E-state index is 0.0179. The molecule has 20 heavy (non-hydrogen) atoms. The van der Waals surface area contributed by atoms with Crippen LogP contribution in [0.5, 0.6) is 0 Å². The molecule has 0 saturated heterocycles. The number of esters is 1. The third kappa shape index (κ3) is 4.39. The molecule has 0 heterocycles. The number of aliphatic hydroxyl groups excluding tert-OH is 4. The molecule has 0 saturated carbocycles. The molecular formula is C13H16O7. The summed E-state index contributed by atoms with van der Waals surface area (Å²) in [5.74, 6) is -1.17. The summed E-state index contributed by atoms with van der Waals surface area (Å²) in [4.78, 5) is 21.7. The van der Waals surface area contributed by atoms with Gasteiger partial charge in [-0.2, -0.15) is 0 Å². The number of aliphatic hydroxyl groups is 4. The number of ether oxygens (including phenoxy) is 1. The zero-order chi connectivity index (χ0) is 15.1. The van der Waals surface area contributed by atoms with Crippen molar-refractivity contribution in [2.45, 2.75) is 31.0 Å². The maximum Gasteiger partial charge on any atom is 0.338 e. The van der Waals surface area contributed by atoms with E-state index in [1.54, 1.807) is 30.3 Å². The van der Waals surface area contributed by atoms with Crippen LogP contribution in [0.2, 0.25) is 0 Å². The lowest BCUT2D eigenvalue weighted by Crippen LogP contribution is -2.48. The number of hydrogen-bond donors (Lipinski definition) is 4. The molecule has 0 aliphatic carbocycles. The summed E-state index contributed by atoms with van der Waals surface area (Å²) in [5, 5.41) is 37.2. The third-order valence-electron chi connectivity index (χ3n) is 2.63. The predicted molar refractivity (Wildman–Crippen MR) is 66.3 cm³/mol. The van der Waals surface area contributed by atoms with Gasteiger partial charge in [-0.25, -0.2) is 4.79 Å². The van der Waals surface area contributed by atoms with Gasteiger partial charge in [0.25, 0.3) is 0 Å². The van der Waals surface area contributed by atoms with Crippen LogP contribution in [-0.4, -0.2) is 57.1 Å². The number of carbonyl (C=O) groups is 2. The predicted octanol–water partition coefficient (Wildman–Crippen LogP) is -1.63. The molecule has 4 N–H and O–H groups in total. The van der Waals surface area contributed by atoms with Crippen molar-refractivity contribution in [3.8, 4) is 0 Å². The average Bonchev–Trinajstić information content (AvgIpc) is 2.50. The van der Waals surface area contributed by atoms with Crippen LogP contribution < -0.4 is 0 Å². The minimum atomic E-state index is -2.07. The molecule has 7 nitrogen and oxygen atoms in total. The van der Waals surface area contributed by atoms with Gasteiger partial charge in [0.1, 0.15) is 24.9 Å². The lowest BCUT2D eigenvalue weighted by atomic mass is 10.0. The summed E-state index contributed by atoms with van der Waals surface area (Å²) in [6, 6.07) is 8.64. The third-order valence-corrected chi connectivity index (χ3v) is 2.63. The van der Waals surface area contributed by atoms with Crippen LogP contribution in [0.1, 0.15) is 5.56 Å². The second-order valence-corrected chi connectivity index (χ2v) is 4.15. The Balaban J connectivity index is 2.52. The SMILES string of the molecule is O=C[C@@H](O)[C@H](O)[C@@H](O)[C@H](O)C(=O)OCc1ccccc1. The van der Waals surface area contributed by atoms with Crippen LogP contribution in [-0.2, 0) is 20.9 Å². The van der Waals surface area contributed by atoms with Gasteiger partial charge in [-0.1, -0.05) is 30.3 Å². The Morgan fingerprint density at radius 1 is 1.10 bits per heavy atom. The molecule has 0 radical (unpaired) electrons. The molecule has 0 bridgehead atoms. The summed E-state index contributed by atoms with van der Waals surface area (Å²) in [6.45, 7) is -0.115. The molecule has 0 spiro atoms. The Morgan fingerprint density at radius 3 is 2.25 bits per heavy atom. The maximum atomic E-state index is 11.5. The van der Waals surface area contributed by atoms with Gasteiger partial charge in [0, 0.05) is 0 Å². The summed E-state index contributed by atoms with van der Waals surface area (Å²) >= 11 is 0. The van der Waals surface area contributed by atoms with Crippen LogP contribution >= 0.6 is 0 Å². The van der Waals surface area contributed by atoms with Crippen LogP contribution in [0.15, 0.2) is 30.3 Å². The molecule has 110 valence electrons. The first-order chi connectivity index (χ1) is 9.47. The molecule has 7 heteroatoms. The molecule has 0 amide bonds. The number of rotatable bonds is 7. The second-order valence-electron chi connectivity index (χ2n) is 4.15. The van der Waals surface area contributed by atoms with E-state index in [1.807, 2.05) is 0 Å². The smallest absolute Gasteiger partial charge is 0.338 e. The largest absolute Gasteiger partial charge is 0.459 e. The van der Waals surface area contributed by atoms with Crippen molar-refractivity contribution in [3.05, 3.63) is 35.9 Å². The Morgan fingerprint density at radius 2 is 1.70 bits per heavy atom. The van der Waals surface area contributed by atoms with Crippen molar-refractivity contribution in [1.82, 2.24) is 0 Å². The first kappa shape index (κ1) is 16.3. The van der Waals surface area contributed by atoms with Crippen molar-refractivity contribution in [1.29, 1.82) is 0 Å². The molecule has 1 aromatic carbocycles. The van der Waals surface area contributed by atoms with Gasteiger partial charge in [-0.15, -0.1) is 0 Å². The fourth-order valence-electron chi connectivity index (χ4n) is 1.42. The van der Waals surface area contributed by atoms with Crippen molar-refractivity contribution in [2.75, 3.05) is 0 Å². The molecule has 0 aromatic heterocycles. The molecule has 4 atom stereocenters. The summed E-state index contributed by atoms with van der Waals surface area (Å²) in [7, 11) is 0. The van der Waals surface area contributed by atoms with Crippen LogP contribution in [0.4, 0.5) is 0 Å². The van der Waals surface area contributed by atoms with E-state index in [2.05, 4.69) is 0 Å². The van der Waals surface area contributed by atoms with Gasteiger partial charge >= 0.3 is 5.97 Å². The fourth-order valence-corrected chi connectivity index (χ4v) is 1.42. The van der Waals surface area contributed by atoms with Crippen molar-refractivity contribution in [3.63, 3.8) is 0 Å². The van der Waals surface area contributed by atoms with E-state index in [-0.39, 0.29) is 12.9 Å². The zero-order valence-corrected chi connectivity index (χ0v) is 10.5. The lowest BCUT2D eigenvalue weighted by molar-refractivity contribution is -0.170. The maximum absolute atomic E-state index is 11.5. The van der Waals surface area contributed by atoms with Gasteiger partial charge < -0.3 is 30.0 Å². The highest BCUT2D eigenvalue weighted by atomic mass is 16.5. The standard InChI is InChI=1S/C13H16O7/c14-6-9(15)10(16)11(17)12(18)13(19)20-7-8-4-2-1-3-5-8/h1-6,9-12,15-18H,7H2/t9-,10+,11-,12+/m1/s1. The number of benzene rings is 1. The summed E-state index contributed by atoms with van der Waals surface area (Å²) in [5.41, 5.74) is 0.677. The lowest BCUT2D eigenvalue weighted by Gasteiger charge is -2.22. The quantitative estimate of drug-likeness (QED) is 0.350. The normalized spacial score (nSPS) is 16.8. The van der Waals surface area contributed by atoms with Gasteiger partial charge in [-0.05, 0) is 5.56 Å². The number of carbonyl (C=O) groups excluding carboxylic acids is 2. The average molecular weight is 284 g/mol. The highest BCUT2D eigenvalue weighted by molar-refractivity contribution is 5.75. The Kier molecular flexibility index (Phi) is 6.26. The first-order valence-corrected chi connectivity index (χ1v) is 5.85. The molecular weight excluding hydrogens is 268 g/mol. The Labute approximate surface area is 115 Å². The van der Waals surface area contributed by atoms with Gasteiger partial charge in [-0.3, -0.25) is 0 Å². The van der Waals surface area contributed by atoms with E-state index in [0.717, 1.165) is 0 Å². The molecule has 0 aliphatic heterocycles. The minimum Gasteiger partial charge on any atom is -0.459 e. The highest BCUT2D eigenvalue weighted by Gasteiger charge is 2.35. The van der Waals surface area contributed by atoms with E-state index in [9.17, 15) is 24.9 Å². The van der Waals surface area contributed by atoms with Crippen molar-refractivity contribution in [2.24, 2.45) is 0 Å². The molecule has 1 rings (SSSR count). The van der Waals surface area contributed by atoms with Gasteiger partial charge in [0.15, 0.2) is 12.4 Å². The topological polar surface area (TPSA) is 124 Å². The Hall–Kier alpha value is -1.80. The zero-order valence-electron chi connectivity index (χ0n) is 10.5. The van der Waals surface area contributed by atoms with Gasteiger partial charge in [0.2, 0.25) is 0 Å². The van der Waals surface area contributed by atoms with Crippen LogP contribution in [0.25, 0.3) is 0 Å². The molecule has 1 aromatic rings. The van der Waals surface area contributed by atoms with Crippen molar-refractivity contribution >= 4 is 12.3 Å².